The van der Waals surface area contributed by atoms with Crippen molar-refractivity contribution in [1.29, 1.82) is 0 Å². The SMILES string of the molecule is COC(=O)NC1(C(=O)OC)CC1. The zero-order valence-electron chi connectivity index (χ0n) is 7.05. The number of carbonyl (C=O) groups excluding carboxylic acids is 2. The van der Waals surface area contributed by atoms with Crippen LogP contribution >= 0.6 is 0 Å². The zero-order chi connectivity index (χ0) is 9.19. The van der Waals surface area contributed by atoms with E-state index in [1.165, 1.54) is 14.2 Å². The van der Waals surface area contributed by atoms with Gasteiger partial charge >= 0.3 is 12.1 Å². The summed E-state index contributed by atoms with van der Waals surface area (Å²) in [4.78, 5) is 21.8. The number of carbonyl (C=O) groups is 2. The normalized spacial score (nSPS) is 17.8. The Hall–Kier alpha value is -1.26. The maximum atomic E-state index is 11.1. The molecule has 68 valence electrons. The van der Waals surface area contributed by atoms with E-state index in [0.29, 0.717) is 12.8 Å². The van der Waals surface area contributed by atoms with Crippen LogP contribution in [0, 0.1) is 0 Å². The van der Waals surface area contributed by atoms with Crippen molar-refractivity contribution < 1.29 is 19.1 Å². The van der Waals surface area contributed by atoms with Crippen molar-refractivity contribution >= 4 is 12.1 Å². The molecule has 0 unspecified atom stereocenters. The summed E-state index contributed by atoms with van der Waals surface area (Å²) < 4.78 is 8.88. The lowest BCUT2D eigenvalue weighted by atomic mass is 10.3. The molecule has 1 fully saturated rings. The molecule has 0 bridgehead atoms. The summed E-state index contributed by atoms with van der Waals surface area (Å²) in [5, 5.41) is 2.43. The topological polar surface area (TPSA) is 64.6 Å². The van der Waals surface area contributed by atoms with Crippen LogP contribution in [0.2, 0.25) is 0 Å². The highest BCUT2D eigenvalue weighted by Gasteiger charge is 2.52. The summed E-state index contributed by atoms with van der Waals surface area (Å²) in [5.41, 5.74) is -0.804. The Morgan fingerprint density at radius 2 is 1.83 bits per heavy atom. The molecule has 1 rings (SSSR count). The van der Waals surface area contributed by atoms with Crippen molar-refractivity contribution in [2.24, 2.45) is 0 Å². The highest BCUT2D eigenvalue weighted by atomic mass is 16.5. The van der Waals surface area contributed by atoms with Gasteiger partial charge in [0.05, 0.1) is 14.2 Å². The summed E-state index contributed by atoms with van der Waals surface area (Å²) in [6.45, 7) is 0. The highest BCUT2D eigenvalue weighted by molar-refractivity contribution is 5.88. The van der Waals surface area contributed by atoms with Crippen LogP contribution in [0.5, 0.6) is 0 Å². The lowest BCUT2D eigenvalue weighted by Crippen LogP contribution is -2.43. The molecule has 0 aromatic carbocycles. The van der Waals surface area contributed by atoms with Crippen molar-refractivity contribution in [3.63, 3.8) is 0 Å². The predicted molar refractivity (Wildman–Crippen MR) is 39.5 cm³/mol. The van der Waals surface area contributed by atoms with E-state index < -0.39 is 17.6 Å². The number of methoxy groups -OCH3 is 2. The molecule has 5 nitrogen and oxygen atoms in total. The Labute approximate surface area is 70.0 Å². The van der Waals surface area contributed by atoms with E-state index in [1.807, 2.05) is 0 Å². The van der Waals surface area contributed by atoms with Gasteiger partial charge in [-0.25, -0.2) is 9.59 Å². The highest BCUT2D eigenvalue weighted by Crippen LogP contribution is 2.36. The van der Waals surface area contributed by atoms with Crippen molar-refractivity contribution in [1.82, 2.24) is 5.32 Å². The van der Waals surface area contributed by atoms with E-state index in [-0.39, 0.29) is 0 Å². The largest absolute Gasteiger partial charge is 0.467 e. The molecule has 1 aliphatic carbocycles. The van der Waals surface area contributed by atoms with E-state index in [4.69, 9.17) is 0 Å². The van der Waals surface area contributed by atoms with Crippen LogP contribution in [0.4, 0.5) is 4.79 Å². The molecule has 1 saturated carbocycles. The molecule has 1 amide bonds. The van der Waals surface area contributed by atoms with Gasteiger partial charge in [0.25, 0.3) is 0 Å². The fourth-order valence-corrected chi connectivity index (χ4v) is 0.947. The van der Waals surface area contributed by atoms with Crippen LogP contribution in [0.25, 0.3) is 0 Å². The van der Waals surface area contributed by atoms with Crippen molar-refractivity contribution in [3.05, 3.63) is 0 Å². The van der Waals surface area contributed by atoms with Crippen LogP contribution in [0.1, 0.15) is 12.8 Å². The first-order valence-electron chi connectivity index (χ1n) is 3.59. The van der Waals surface area contributed by atoms with E-state index in [2.05, 4.69) is 14.8 Å². The summed E-state index contributed by atoms with van der Waals surface area (Å²) in [6, 6.07) is 0. The minimum Gasteiger partial charge on any atom is -0.467 e. The number of hydrogen-bond donors (Lipinski definition) is 1. The van der Waals surface area contributed by atoms with Gasteiger partial charge in [-0.1, -0.05) is 0 Å². The quantitative estimate of drug-likeness (QED) is 0.599. The van der Waals surface area contributed by atoms with Gasteiger partial charge in [-0.05, 0) is 12.8 Å². The maximum Gasteiger partial charge on any atom is 0.407 e. The molecule has 12 heavy (non-hydrogen) atoms. The molecule has 0 aromatic rings. The molecule has 0 aromatic heterocycles. The number of nitrogens with one attached hydrogen (secondary N) is 1. The average molecular weight is 173 g/mol. The summed E-state index contributed by atoms with van der Waals surface area (Å²) in [6.07, 6.45) is 0.640. The third kappa shape index (κ3) is 1.49. The number of esters is 1. The molecular formula is C7H11NO4. The van der Waals surface area contributed by atoms with Gasteiger partial charge in [0.2, 0.25) is 0 Å². The number of rotatable bonds is 2. The van der Waals surface area contributed by atoms with Crippen molar-refractivity contribution in [3.8, 4) is 0 Å². The fraction of sp³-hybridized carbons (Fsp3) is 0.714. The van der Waals surface area contributed by atoms with Crippen LogP contribution in [0.3, 0.4) is 0 Å². The zero-order valence-corrected chi connectivity index (χ0v) is 7.05. The first-order chi connectivity index (χ1) is 5.64. The van der Waals surface area contributed by atoms with Crippen molar-refractivity contribution in [2.45, 2.75) is 18.4 Å². The minimum absolute atomic E-state index is 0.409. The maximum absolute atomic E-state index is 11.1. The first-order valence-corrected chi connectivity index (χ1v) is 3.59. The monoisotopic (exact) mass is 173 g/mol. The lowest BCUT2D eigenvalue weighted by molar-refractivity contribution is -0.144. The van der Waals surface area contributed by atoms with Gasteiger partial charge in [0.1, 0.15) is 5.54 Å². The number of alkyl carbamates (subject to hydrolysis) is 1. The number of ether oxygens (including phenoxy) is 2. The first kappa shape index (κ1) is 8.83. The molecule has 0 saturated heterocycles. The van der Waals surface area contributed by atoms with Gasteiger partial charge in [-0.2, -0.15) is 0 Å². The van der Waals surface area contributed by atoms with Gasteiger partial charge < -0.3 is 14.8 Å². The Morgan fingerprint density at radius 1 is 1.25 bits per heavy atom. The number of hydrogen-bond acceptors (Lipinski definition) is 4. The third-order valence-electron chi connectivity index (χ3n) is 1.85. The Bertz CT molecular complexity index is 209. The van der Waals surface area contributed by atoms with Gasteiger partial charge in [-0.3, -0.25) is 0 Å². The third-order valence-corrected chi connectivity index (χ3v) is 1.85. The number of amides is 1. The van der Waals surface area contributed by atoms with Crippen LogP contribution in [-0.4, -0.2) is 31.8 Å². The Balaban J connectivity index is 2.50. The molecule has 0 spiro atoms. The lowest BCUT2D eigenvalue weighted by Gasteiger charge is -2.12. The molecular weight excluding hydrogens is 162 g/mol. The Morgan fingerprint density at radius 3 is 2.17 bits per heavy atom. The average Bonchev–Trinajstić information content (AvgIpc) is 2.84. The van der Waals surface area contributed by atoms with Gasteiger partial charge in [0.15, 0.2) is 0 Å². The molecule has 0 radical (unpaired) electrons. The van der Waals surface area contributed by atoms with Crippen LogP contribution in [0.15, 0.2) is 0 Å². The molecule has 1 aliphatic rings. The molecule has 0 aliphatic heterocycles. The van der Waals surface area contributed by atoms with Gasteiger partial charge in [-0.15, -0.1) is 0 Å². The minimum atomic E-state index is -0.804. The summed E-state index contributed by atoms with van der Waals surface area (Å²) >= 11 is 0. The van der Waals surface area contributed by atoms with Crippen LogP contribution in [-0.2, 0) is 14.3 Å². The second-order valence-corrected chi connectivity index (χ2v) is 2.69. The van der Waals surface area contributed by atoms with Crippen molar-refractivity contribution in [2.75, 3.05) is 14.2 Å². The second-order valence-electron chi connectivity index (χ2n) is 2.69. The molecule has 0 heterocycles. The molecule has 5 heteroatoms. The van der Waals surface area contributed by atoms with E-state index in [0.717, 1.165) is 0 Å². The van der Waals surface area contributed by atoms with E-state index >= 15 is 0 Å². The van der Waals surface area contributed by atoms with E-state index in [9.17, 15) is 9.59 Å². The molecule has 0 atom stereocenters. The predicted octanol–water partition coefficient (Wildman–Crippen LogP) is 0.0480. The smallest absolute Gasteiger partial charge is 0.407 e. The van der Waals surface area contributed by atoms with Crippen LogP contribution < -0.4 is 5.32 Å². The summed E-state index contributed by atoms with van der Waals surface area (Å²) in [5.74, 6) is -0.409. The van der Waals surface area contributed by atoms with E-state index in [1.54, 1.807) is 0 Å². The summed E-state index contributed by atoms with van der Waals surface area (Å²) in [7, 11) is 2.55. The van der Waals surface area contributed by atoms with Gasteiger partial charge in [0, 0.05) is 0 Å². The molecule has 1 N–H and O–H groups in total. The standard InChI is InChI=1S/C7H11NO4/c1-11-5(9)7(3-4-7)8-6(10)12-2/h3-4H2,1-2H3,(H,8,10). The second kappa shape index (κ2) is 3.00. The fourth-order valence-electron chi connectivity index (χ4n) is 0.947. The Kier molecular flexibility index (Phi) is 2.21.